The van der Waals surface area contributed by atoms with E-state index in [9.17, 15) is 0 Å². The summed E-state index contributed by atoms with van der Waals surface area (Å²) < 4.78 is 1.98. The van der Waals surface area contributed by atoms with Gasteiger partial charge in [0.15, 0.2) is 0 Å². The van der Waals surface area contributed by atoms with Gasteiger partial charge in [0, 0.05) is 37.1 Å². The summed E-state index contributed by atoms with van der Waals surface area (Å²) in [5, 5.41) is 4.53. The second-order valence-electron chi connectivity index (χ2n) is 5.24. The Labute approximate surface area is 114 Å². The van der Waals surface area contributed by atoms with Crippen LogP contribution in [0.4, 0.5) is 0 Å². The highest BCUT2D eigenvalue weighted by molar-refractivity contribution is 5.09. The van der Waals surface area contributed by atoms with Gasteiger partial charge in [0.05, 0.1) is 5.69 Å². The molecule has 4 nitrogen and oxygen atoms in total. The molecule has 0 radical (unpaired) electrons. The third kappa shape index (κ3) is 4.17. The van der Waals surface area contributed by atoms with Crippen molar-refractivity contribution >= 4 is 0 Å². The molecular formula is C15H22N4. The lowest BCUT2D eigenvalue weighted by molar-refractivity contribution is 0.518. The molecule has 102 valence electrons. The highest BCUT2D eigenvalue weighted by Crippen LogP contribution is 2.09. The van der Waals surface area contributed by atoms with Crippen LogP contribution in [0, 0.1) is 0 Å². The fourth-order valence-corrected chi connectivity index (χ4v) is 2.04. The van der Waals surface area contributed by atoms with Crippen LogP contribution in [-0.4, -0.2) is 20.8 Å². The van der Waals surface area contributed by atoms with Gasteiger partial charge < -0.3 is 5.73 Å². The van der Waals surface area contributed by atoms with Gasteiger partial charge in [0.2, 0.25) is 0 Å². The van der Waals surface area contributed by atoms with Gasteiger partial charge in [-0.1, -0.05) is 6.07 Å². The van der Waals surface area contributed by atoms with Crippen molar-refractivity contribution in [3.8, 4) is 0 Å². The average Bonchev–Trinajstić information content (AvgIpc) is 2.86. The first-order chi connectivity index (χ1) is 9.15. The minimum Gasteiger partial charge on any atom is -0.327 e. The van der Waals surface area contributed by atoms with Crippen molar-refractivity contribution in [3.05, 3.63) is 48.0 Å². The van der Waals surface area contributed by atoms with Crippen molar-refractivity contribution in [2.75, 3.05) is 0 Å². The number of rotatable bonds is 6. The Bertz CT molecular complexity index is 490. The quantitative estimate of drug-likeness (QED) is 0.865. The van der Waals surface area contributed by atoms with Crippen LogP contribution in [0.5, 0.6) is 0 Å². The number of aromatic nitrogens is 3. The van der Waals surface area contributed by atoms with Crippen LogP contribution < -0.4 is 5.73 Å². The lowest BCUT2D eigenvalue weighted by Gasteiger charge is -2.10. The van der Waals surface area contributed by atoms with E-state index in [1.165, 1.54) is 5.56 Å². The molecule has 0 aliphatic rings. The first-order valence-corrected chi connectivity index (χ1v) is 6.83. The van der Waals surface area contributed by atoms with Gasteiger partial charge in [-0.2, -0.15) is 5.10 Å². The van der Waals surface area contributed by atoms with E-state index in [-0.39, 0.29) is 6.04 Å². The summed E-state index contributed by atoms with van der Waals surface area (Å²) in [5.74, 6) is 0. The smallest absolute Gasteiger partial charge is 0.0640 e. The molecule has 2 N–H and O–H groups in total. The Morgan fingerprint density at radius 2 is 2.16 bits per heavy atom. The van der Waals surface area contributed by atoms with Crippen molar-refractivity contribution in [1.82, 2.24) is 14.8 Å². The Kier molecular flexibility index (Phi) is 4.68. The van der Waals surface area contributed by atoms with Crippen LogP contribution >= 0.6 is 0 Å². The van der Waals surface area contributed by atoms with Crippen LogP contribution in [0.2, 0.25) is 0 Å². The Morgan fingerprint density at radius 1 is 1.32 bits per heavy atom. The highest BCUT2D eigenvalue weighted by atomic mass is 15.3. The van der Waals surface area contributed by atoms with Crippen molar-refractivity contribution < 1.29 is 0 Å². The minimum atomic E-state index is 0.149. The van der Waals surface area contributed by atoms with Crippen molar-refractivity contribution in [2.45, 2.75) is 45.2 Å². The van der Waals surface area contributed by atoms with Gasteiger partial charge >= 0.3 is 0 Å². The number of pyridine rings is 1. The lowest BCUT2D eigenvalue weighted by atomic mass is 10.0. The number of nitrogens with two attached hydrogens (primary N) is 1. The topological polar surface area (TPSA) is 56.7 Å². The second-order valence-corrected chi connectivity index (χ2v) is 5.24. The fraction of sp³-hybridized carbons (Fsp3) is 0.467. The maximum atomic E-state index is 6.17. The van der Waals surface area contributed by atoms with Crippen LogP contribution in [0.3, 0.4) is 0 Å². The summed E-state index contributed by atoms with van der Waals surface area (Å²) in [5.41, 5.74) is 8.49. The van der Waals surface area contributed by atoms with E-state index in [2.05, 4.69) is 36.1 Å². The first-order valence-electron chi connectivity index (χ1n) is 6.83. The maximum absolute atomic E-state index is 6.17. The van der Waals surface area contributed by atoms with E-state index >= 15 is 0 Å². The van der Waals surface area contributed by atoms with Gasteiger partial charge in [0.25, 0.3) is 0 Å². The van der Waals surface area contributed by atoms with Crippen LogP contribution in [0.15, 0.2) is 36.8 Å². The summed E-state index contributed by atoms with van der Waals surface area (Å²) in [6, 6.07) is 6.67. The third-order valence-electron chi connectivity index (χ3n) is 3.19. The standard InChI is InChI=1S/C15H22N4/c1-12(2)19-9-7-15(18-19)10-14(16)6-5-13-4-3-8-17-11-13/h3-4,7-9,11-12,14H,5-6,10,16H2,1-2H3. The molecule has 2 aromatic heterocycles. The minimum absolute atomic E-state index is 0.149. The van der Waals surface area contributed by atoms with Crippen LogP contribution in [0.1, 0.15) is 37.6 Å². The highest BCUT2D eigenvalue weighted by Gasteiger charge is 2.08. The molecule has 1 unspecified atom stereocenters. The summed E-state index contributed by atoms with van der Waals surface area (Å²) >= 11 is 0. The number of aryl methyl sites for hydroxylation is 1. The number of hydrogen-bond acceptors (Lipinski definition) is 3. The molecule has 19 heavy (non-hydrogen) atoms. The van der Waals surface area contributed by atoms with E-state index in [0.717, 1.165) is 25.0 Å². The average molecular weight is 258 g/mol. The first kappa shape index (κ1) is 13.7. The molecule has 0 aliphatic carbocycles. The molecule has 0 saturated carbocycles. The van der Waals surface area contributed by atoms with E-state index in [0.29, 0.717) is 6.04 Å². The predicted molar refractivity (Wildman–Crippen MR) is 76.8 cm³/mol. The molecule has 1 atom stereocenters. The second kappa shape index (κ2) is 6.48. The molecule has 0 saturated heterocycles. The molecule has 0 bridgehead atoms. The van der Waals surface area contributed by atoms with E-state index in [1.807, 2.05) is 23.1 Å². The normalized spacial score (nSPS) is 12.8. The van der Waals surface area contributed by atoms with Crippen LogP contribution in [0.25, 0.3) is 0 Å². The molecule has 0 aromatic carbocycles. The Morgan fingerprint density at radius 3 is 2.79 bits per heavy atom. The molecule has 0 fully saturated rings. The number of hydrogen-bond donors (Lipinski definition) is 1. The largest absolute Gasteiger partial charge is 0.327 e. The summed E-state index contributed by atoms with van der Waals surface area (Å²) in [4.78, 5) is 4.11. The summed E-state index contributed by atoms with van der Waals surface area (Å²) in [7, 11) is 0. The molecule has 0 aliphatic heterocycles. The van der Waals surface area contributed by atoms with Gasteiger partial charge in [0.1, 0.15) is 0 Å². The monoisotopic (exact) mass is 258 g/mol. The van der Waals surface area contributed by atoms with E-state index in [1.54, 1.807) is 6.20 Å². The molecule has 4 heteroatoms. The molecule has 0 spiro atoms. The zero-order valence-corrected chi connectivity index (χ0v) is 11.7. The van der Waals surface area contributed by atoms with Crippen LogP contribution in [-0.2, 0) is 12.8 Å². The lowest BCUT2D eigenvalue weighted by Crippen LogP contribution is -2.24. The SMILES string of the molecule is CC(C)n1ccc(CC(N)CCc2cccnc2)n1. The van der Waals surface area contributed by atoms with E-state index < -0.39 is 0 Å². The van der Waals surface area contributed by atoms with Crippen molar-refractivity contribution in [3.63, 3.8) is 0 Å². The molecular weight excluding hydrogens is 236 g/mol. The third-order valence-corrected chi connectivity index (χ3v) is 3.19. The van der Waals surface area contributed by atoms with Gasteiger partial charge in [-0.05, 0) is 44.4 Å². The Hall–Kier alpha value is -1.68. The van der Waals surface area contributed by atoms with Crippen molar-refractivity contribution in [2.24, 2.45) is 5.73 Å². The molecule has 2 heterocycles. The zero-order valence-electron chi connectivity index (χ0n) is 11.7. The number of nitrogens with zero attached hydrogens (tertiary/aromatic N) is 3. The maximum Gasteiger partial charge on any atom is 0.0640 e. The predicted octanol–water partition coefficient (Wildman–Crippen LogP) is 2.36. The summed E-state index contributed by atoms with van der Waals surface area (Å²) in [6.45, 7) is 4.25. The Balaban J connectivity index is 1.82. The van der Waals surface area contributed by atoms with E-state index in [4.69, 9.17) is 5.73 Å². The molecule has 2 rings (SSSR count). The van der Waals surface area contributed by atoms with Gasteiger partial charge in [-0.3, -0.25) is 9.67 Å². The summed E-state index contributed by atoms with van der Waals surface area (Å²) in [6.07, 6.45) is 8.48. The fourth-order valence-electron chi connectivity index (χ4n) is 2.04. The van der Waals surface area contributed by atoms with Gasteiger partial charge in [-0.25, -0.2) is 0 Å². The molecule has 2 aromatic rings. The zero-order chi connectivity index (χ0) is 13.7. The van der Waals surface area contributed by atoms with Gasteiger partial charge in [-0.15, -0.1) is 0 Å². The van der Waals surface area contributed by atoms with Crippen molar-refractivity contribution in [1.29, 1.82) is 0 Å². The molecule has 0 amide bonds.